The highest BCUT2D eigenvalue weighted by molar-refractivity contribution is 7.21. The van der Waals surface area contributed by atoms with Gasteiger partial charge in [-0.25, -0.2) is 9.78 Å². The van der Waals surface area contributed by atoms with Gasteiger partial charge in [-0.2, -0.15) is 13.2 Å². The van der Waals surface area contributed by atoms with Gasteiger partial charge in [-0.05, 0) is 37.1 Å². The molecule has 1 fully saturated rings. The second kappa shape index (κ2) is 8.67. The molecule has 1 aliphatic rings. The first-order valence-corrected chi connectivity index (χ1v) is 10.9. The maximum Gasteiger partial charge on any atom is 0.417 e. The van der Waals surface area contributed by atoms with Crippen molar-refractivity contribution in [3.05, 3.63) is 34.7 Å². The zero-order chi connectivity index (χ0) is 24.8. The molecule has 0 bridgehead atoms. The van der Waals surface area contributed by atoms with Gasteiger partial charge in [0.1, 0.15) is 27.2 Å². The molecule has 180 valence electrons. The lowest BCUT2D eigenvalue weighted by atomic mass is 10.0. The van der Waals surface area contributed by atoms with Crippen molar-refractivity contribution in [3.8, 4) is 22.8 Å². The van der Waals surface area contributed by atoms with Crippen LogP contribution in [-0.4, -0.2) is 53.7 Å². The van der Waals surface area contributed by atoms with Crippen molar-refractivity contribution in [1.29, 1.82) is 0 Å². The molecule has 0 aliphatic carbocycles. The number of pyridine rings is 1. The maximum absolute atomic E-state index is 14.1. The molecule has 3 heterocycles. The third-order valence-electron chi connectivity index (χ3n) is 5.68. The molecule has 3 aromatic rings. The number of nitrogens with zero attached hydrogens (tertiary/aromatic N) is 2. The lowest BCUT2D eigenvalue weighted by molar-refractivity contribution is -0.141. The summed E-state index contributed by atoms with van der Waals surface area (Å²) in [6.07, 6.45) is -4.06. The molecular weight excluding hydrogens is 475 g/mol. The fraction of sp³-hybridized carbons (Fsp3) is 0.318. The number of nitrogen functional groups attached to an aromatic ring is 1. The van der Waals surface area contributed by atoms with Gasteiger partial charge in [0.05, 0.1) is 31.2 Å². The van der Waals surface area contributed by atoms with Crippen LogP contribution in [0.3, 0.4) is 0 Å². The number of hydrogen-bond acceptors (Lipinski definition) is 7. The fourth-order valence-electron chi connectivity index (χ4n) is 4.05. The average molecular weight is 495 g/mol. The molecule has 1 amide bonds. The molecule has 1 saturated heterocycles. The first-order chi connectivity index (χ1) is 16.1. The Morgan fingerprint density at radius 3 is 2.59 bits per heavy atom. The zero-order valence-electron chi connectivity index (χ0n) is 18.1. The quantitative estimate of drug-likeness (QED) is 0.543. The molecule has 1 aromatic carbocycles. The number of methoxy groups -OCH3 is 2. The van der Waals surface area contributed by atoms with Crippen molar-refractivity contribution in [2.45, 2.75) is 25.1 Å². The van der Waals surface area contributed by atoms with Crippen LogP contribution >= 0.6 is 11.3 Å². The van der Waals surface area contributed by atoms with Crippen LogP contribution in [0.15, 0.2) is 24.3 Å². The number of likely N-dealkylation sites (tertiary alicyclic amines) is 1. The van der Waals surface area contributed by atoms with Gasteiger partial charge in [0.25, 0.3) is 5.91 Å². The number of rotatable bonds is 5. The van der Waals surface area contributed by atoms with Crippen molar-refractivity contribution in [1.82, 2.24) is 9.88 Å². The SMILES string of the molecule is COc1ccc(OC)c(-c2cc(C(F)(F)F)c3c(N)c(C(=O)N4CCCC4C(=O)O)sc3n2)c1. The van der Waals surface area contributed by atoms with E-state index in [4.69, 9.17) is 15.2 Å². The number of benzene rings is 1. The van der Waals surface area contributed by atoms with Gasteiger partial charge in [0.2, 0.25) is 0 Å². The van der Waals surface area contributed by atoms with Crippen LogP contribution in [0.1, 0.15) is 28.1 Å². The van der Waals surface area contributed by atoms with Crippen LogP contribution in [0.2, 0.25) is 0 Å². The third kappa shape index (κ3) is 3.98. The van der Waals surface area contributed by atoms with Gasteiger partial charge >= 0.3 is 12.1 Å². The van der Waals surface area contributed by atoms with Crippen LogP contribution in [0.25, 0.3) is 21.5 Å². The number of fused-ring (bicyclic) bond motifs is 1. The summed E-state index contributed by atoms with van der Waals surface area (Å²) in [5.74, 6) is -1.23. The largest absolute Gasteiger partial charge is 0.497 e. The molecule has 2 aromatic heterocycles. The van der Waals surface area contributed by atoms with Gasteiger partial charge in [-0.1, -0.05) is 0 Å². The number of nitrogens with two attached hydrogens (primary N) is 1. The number of anilines is 1. The first kappa shape index (κ1) is 23.6. The Hall–Kier alpha value is -3.54. The number of amides is 1. The van der Waals surface area contributed by atoms with E-state index in [1.54, 1.807) is 12.1 Å². The number of aromatic nitrogens is 1. The Kier molecular flexibility index (Phi) is 6.02. The molecule has 12 heteroatoms. The van der Waals surface area contributed by atoms with Gasteiger partial charge in [0, 0.05) is 17.5 Å². The number of halogens is 3. The Morgan fingerprint density at radius 1 is 1.24 bits per heavy atom. The summed E-state index contributed by atoms with van der Waals surface area (Å²) in [7, 11) is 2.80. The predicted octanol–water partition coefficient (Wildman–Crippen LogP) is 4.27. The monoisotopic (exact) mass is 495 g/mol. The number of carbonyl (C=O) groups is 2. The molecule has 0 saturated carbocycles. The van der Waals surface area contributed by atoms with E-state index in [0.29, 0.717) is 23.5 Å². The molecule has 0 radical (unpaired) electrons. The smallest absolute Gasteiger partial charge is 0.417 e. The van der Waals surface area contributed by atoms with Crippen LogP contribution in [0, 0.1) is 0 Å². The lowest BCUT2D eigenvalue weighted by Crippen LogP contribution is -2.40. The highest BCUT2D eigenvalue weighted by Crippen LogP contribution is 2.45. The molecule has 4 rings (SSSR count). The van der Waals surface area contributed by atoms with E-state index in [-0.39, 0.29) is 45.4 Å². The molecular formula is C22H20F3N3O5S. The number of carboxylic acids is 1. The molecule has 8 nitrogen and oxygen atoms in total. The molecule has 3 N–H and O–H groups in total. The second-order valence-electron chi connectivity index (χ2n) is 7.64. The summed E-state index contributed by atoms with van der Waals surface area (Å²) in [6.45, 7) is 0.176. The Labute approximate surface area is 195 Å². The van der Waals surface area contributed by atoms with Crippen molar-refractivity contribution >= 4 is 39.1 Å². The van der Waals surface area contributed by atoms with Crippen molar-refractivity contribution < 1.29 is 37.3 Å². The molecule has 1 atom stereocenters. The van der Waals surface area contributed by atoms with Gasteiger partial charge in [0.15, 0.2) is 0 Å². The summed E-state index contributed by atoms with van der Waals surface area (Å²) in [6, 6.07) is 4.44. The summed E-state index contributed by atoms with van der Waals surface area (Å²) in [4.78, 5) is 29.8. The van der Waals surface area contributed by atoms with Gasteiger partial charge in [-0.15, -0.1) is 11.3 Å². The standard InChI is InChI=1S/C22H20F3N3O5S/c1-32-10-5-6-15(33-2)11(8-10)13-9-12(22(23,24)25)16-17(26)18(34-19(16)27-13)20(29)28-7-3-4-14(28)21(30)31/h5-6,8-9,14H,3-4,7,26H2,1-2H3,(H,30,31). The molecule has 1 aliphatic heterocycles. The van der Waals surface area contributed by atoms with Crippen LogP contribution in [0.5, 0.6) is 11.5 Å². The fourth-order valence-corrected chi connectivity index (χ4v) is 5.13. The van der Waals surface area contributed by atoms with E-state index in [0.717, 1.165) is 11.0 Å². The van der Waals surface area contributed by atoms with Crippen LogP contribution < -0.4 is 15.2 Å². The number of ether oxygens (including phenoxy) is 2. The van der Waals surface area contributed by atoms with E-state index in [2.05, 4.69) is 4.98 Å². The highest BCUT2D eigenvalue weighted by Gasteiger charge is 2.39. The molecule has 34 heavy (non-hydrogen) atoms. The molecule has 0 spiro atoms. The van der Waals surface area contributed by atoms with Crippen LogP contribution in [-0.2, 0) is 11.0 Å². The normalized spacial score (nSPS) is 16.1. The number of thiophene rings is 1. The summed E-state index contributed by atoms with van der Waals surface area (Å²) < 4.78 is 52.8. The van der Waals surface area contributed by atoms with Crippen LogP contribution in [0.4, 0.5) is 18.9 Å². The predicted molar refractivity (Wildman–Crippen MR) is 119 cm³/mol. The van der Waals surface area contributed by atoms with E-state index in [9.17, 15) is 27.9 Å². The first-order valence-electron chi connectivity index (χ1n) is 10.1. The number of aliphatic carboxylic acids is 1. The average Bonchev–Trinajstić information content (AvgIpc) is 3.42. The lowest BCUT2D eigenvalue weighted by Gasteiger charge is -2.20. The van der Waals surface area contributed by atoms with Crippen molar-refractivity contribution in [2.75, 3.05) is 26.5 Å². The van der Waals surface area contributed by atoms with E-state index in [1.807, 2.05) is 0 Å². The molecule has 1 unspecified atom stereocenters. The Morgan fingerprint density at radius 2 is 1.97 bits per heavy atom. The van der Waals surface area contributed by atoms with E-state index >= 15 is 0 Å². The van der Waals surface area contributed by atoms with Gasteiger partial charge < -0.3 is 25.2 Å². The summed E-state index contributed by atoms with van der Waals surface area (Å²) in [5.41, 5.74) is 4.85. The maximum atomic E-state index is 14.1. The summed E-state index contributed by atoms with van der Waals surface area (Å²) >= 11 is 0.703. The Bertz CT molecular complexity index is 1290. The zero-order valence-corrected chi connectivity index (χ0v) is 18.9. The number of carbonyl (C=O) groups excluding carboxylic acids is 1. The second-order valence-corrected chi connectivity index (χ2v) is 8.64. The summed E-state index contributed by atoms with van der Waals surface area (Å²) in [5, 5.41) is 9.00. The number of alkyl halides is 3. The van der Waals surface area contributed by atoms with Crippen molar-refractivity contribution in [2.24, 2.45) is 0 Å². The minimum atomic E-state index is -4.80. The number of hydrogen-bond donors (Lipinski definition) is 2. The van der Waals surface area contributed by atoms with Crippen molar-refractivity contribution in [3.63, 3.8) is 0 Å². The topological polar surface area (TPSA) is 115 Å². The highest BCUT2D eigenvalue weighted by atomic mass is 32.1. The van der Waals surface area contributed by atoms with Gasteiger partial charge in [-0.3, -0.25) is 4.79 Å². The van der Waals surface area contributed by atoms with E-state index in [1.165, 1.54) is 20.3 Å². The minimum absolute atomic E-state index is 0.0413. The van der Waals surface area contributed by atoms with E-state index < -0.39 is 35.0 Å². The minimum Gasteiger partial charge on any atom is -0.497 e. The third-order valence-corrected chi connectivity index (χ3v) is 6.77. The number of carboxylic acid groups (broad SMARTS) is 1. The Balaban J connectivity index is 1.92.